The number of methoxy groups -OCH3 is 1. The van der Waals surface area contributed by atoms with Gasteiger partial charge in [-0.2, -0.15) is 0 Å². The van der Waals surface area contributed by atoms with E-state index in [9.17, 15) is 14.0 Å². The summed E-state index contributed by atoms with van der Waals surface area (Å²) in [4.78, 5) is 31.1. The Morgan fingerprint density at radius 1 is 1.44 bits per heavy atom. The monoisotopic (exact) mass is 360 g/mol. The van der Waals surface area contributed by atoms with Gasteiger partial charge in [-0.3, -0.25) is 9.59 Å². The number of carbonyl (C=O) groups excluding carboxylic acids is 2. The number of benzene rings is 1. The van der Waals surface area contributed by atoms with Crippen LogP contribution in [-0.4, -0.2) is 42.3 Å². The van der Waals surface area contributed by atoms with Gasteiger partial charge in [-0.25, -0.2) is 9.37 Å². The number of thiazole rings is 1. The van der Waals surface area contributed by atoms with Gasteiger partial charge < -0.3 is 9.64 Å². The Morgan fingerprint density at radius 3 is 2.88 bits per heavy atom. The van der Waals surface area contributed by atoms with Crippen LogP contribution < -0.4 is 0 Å². The smallest absolute Gasteiger partial charge is 0.289 e. The molecule has 3 rings (SSSR count). The highest BCUT2D eigenvalue weighted by atomic mass is 32.1. The van der Waals surface area contributed by atoms with Gasteiger partial charge in [-0.15, -0.1) is 11.3 Å². The van der Waals surface area contributed by atoms with Gasteiger partial charge in [-0.05, 0) is 24.1 Å². The quantitative estimate of drug-likeness (QED) is 0.770. The van der Waals surface area contributed by atoms with Gasteiger partial charge in [0.05, 0.1) is 19.2 Å². The van der Waals surface area contributed by atoms with Gasteiger partial charge in [0.2, 0.25) is 5.78 Å². The van der Waals surface area contributed by atoms with Gasteiger partial charge in [0, 0.05) is 24.5 Å². The SMILES string of the molecule is COC1=C(C(=O)c2ncc(Cc3ccc(F)c(C)c3)s2)CN(C)C1=O. The molecule has 0 N–H and O–H groups in total. The number of nitrogens with zero attached hydrogens (tertiary/aromatic N) is 2. The van der Waals surface area contributed by atoms with Crippen LogP contribution in [0.15, 0.2) is 35.7 Å². The second-order valence-corrected chi connectivity index (χ2v) is 7.01. The Hall–Kier alpha value is -2.54. The molecule has 1 aliphatic heterocycles. The number of amides is 1. The molecule has 25 heavy (non-hydrogen) atoms. The molecule has 0 saturated carbocycles. The fourth-order valence-corrected chi connectivity index (χ4v) is 3.62. The maximum absolute atomic E-state index is 13.4. The molecule has 0 radical (unpaired) electrons. The summed E-state index contributed by atoms with van der Waals surface area (Å²) >= 11 is 1.27. The average Bonchev–Trinajstić information content (AvgIpc) is 3.16. The first-order chi connectivity index (χ1) is 11.9. The highest BCUT2D eigenvalue weighted by Gasteiger charge is 2.34. The summed E-state index contributed by atoms with van der Waals surface area (Å²) in [6.45, 7) is 1.93. The number of ether oxygens (including phenoxy) is 1. The first-order valence-electron chi connectivity index (χ1n) is 7.67. The number of likely N-dealkylation sites (N-methyl/N-ethyl adjacent to an activating group) is 1. The van der Waals surface area contributed by atoms with Crippen molar-refractivity contribution >= 4 is 23.0 Å². The van der Waals surface area contributed by atoms with Crippen molar-refractivity contribution in [2.75, 3.05) is 20.7 Å². The van der Waals surface area contributed by atoms with Crippen molar-refractivity contribution in [1.29, 1.82) is 0 Å². The van der Waals surface area contributed by atoms with Crippen LogP contribution in [0, 0.1) is 12.7 Å². The van der Waals surface area contributed by atoms with E-state index in [-0.39, 0.29) is 29.8 Å². The zero-order chi connectivity index (χ0) is 18.1. The van der Waals surface area contributed by atoms with Crippen molar-refractivity contribution in [3.05, 3.63) is 62.6 Å². The van der Waals surface area contributed by atoms with Crippen LogP contribution in [0.1, 0.15) is 25.8 Å². The zero-order valence-corrected chi connectivity index (χ0v) is 14.9. The lowest BCUT2D eigenvalue weighted by Gasteiger charge is -2.06. The number of carbonyl (C=O) groups is 2. The van der Waals surface area contributed by atoms with Crippen LogP contribution in [0.5, 0.6) is 0 Å². The summed E-state index contributed by atoms with van der Waals surface area (Å²) < 4.78 is 18.4. The summed E-state index contributed by atoms with van der Waals surface area (Å²) in [5.41, 5.74) is 1.86. The Labute approximate surface area is 148 Å². The molecule has 2 aromatic rings. The lowest BCUT2D eigenvalue weighted by molar-refractivity contribution is -0.127. The van der Waals surface area contributed by atoms with Crippen LogP contribution in [0.25, 0.3) is 0 Å². The van der Waals surface area contributed by atoms with E-state index in [0.29, 0.717) is 22.6 Å². The lowest BCUT2D eigenvalue weighted by atomic mass is 10.1. The minimum atomic E-state index is -0.301. The summed E-state index contributed by atoms with van der Waals surface area (Å²) in [6.07, 6.45) is 2.21. The number of ketones is 1. The van der Waals surface area contributed by atoms with Gasteiger partial charge in [0.15, 0.2) is 10.8 Å². The molecule has 5 nitrogen and oxygen atoms in total. The fourth-order valence-electron chi connectivity index (χ4n) is 2.71. The van der Waals surface area contributed by atoms with Crippen molar-refractivity contribution in [3.63, 3.8) is 0 Å². The Kier molecular flexibility index (Phi) is 4.67. The number of Topliss-reactive ketones (excluding diaryl/α,β-unsaturated/α-hetero) is 1. The van der Waals surface area contributed by atoms with Gasteiger partial charge in [-0.1, -0.05) is 12.1 Å². The Balaban J connectivity index is 1.81. The largest absolute Gasteiger partial charge is 0.491 e. The van der Waals surface area contributed by atoms with E-state index in [4.69, 9.17) is 4.74 Å². The maximum atomic E-state index is 13.4. The molecule has 1 aliphatic rings. The Morgan fingerprint density at radius 2 is 2.20 bits per heavy atom. The summed E-state index contributed by atoms with van der Waals surface area (Å²) in [5, 5.41) is 0.321. The van der Waals surface area contributed by atoms with Crippen molar-refractivity contribution < 1.29 is 18.7 Å². The molecular weight excluding hydrogens is 343 g/mol. The van der Waals surface area contributed by atoms with Gasteiger partial charge in [0.25, 0.3) is 5.91 Å². The number of aromatic nitrogens is 1. The minimum Gasteiger partial charge on any atom is -0.491 e. The standard InChI is InChI=1S/C18H17FN2O3S/c1-10-6-11(4-5-14(10)19)7-12-8-20-17(25-12)15(22)13-9-21(2)18(23)16(13)24-3/h4-6,8H,7,9H2,1-3H3. The van der Waals surface area contributed by atoms with E-state index < -0.39 is 0 Å². The molecule has 1 aromatic heterocycles. The molecule has 0 saturated heterocycles. The Bertz CT molecular complexity index is 888. The molecule has 1 aromatic carbocycles. The third kappa shape index (κ3) is 3.32. The van der Waals surface area contributed by atoms with Crippen LogP contribution in [-0.2, 0) is 16.0 Å². The highest BCUT2D eigenvalue weighted by molar-refractivity contribution is 7.13. The molecule has 0 aliphatic carbocycles. The van der Waals surface area contributed by atoms with Crippen LogP contribution in [0.3, 0.4) is 0 Å². The predicted octanol–water partition coefficient (Wildman–Crippen LogP) is 2.74. The van der Waals surface area contributed by atoms with E-state index in [1.807, 2.05) is 0 Å². The molecule has 1 amide bonds. The van der Waals surface area contributed by atoms with Crippen molar-refractivity contribution in [2.24, 2.45) is 0 Å². The number of halogens is 1. The minimum absolute atomic E-state index is 0.0819. The second kappa shape index (κ2) is 6.76. The summed E-state index contributed by atoms with van der Waals surface area (Å²) in [6, 6.07) is 4.94. The molecule has 0 atom stereocenters. The van der Waals surface area contributed by atoms with E-state index in [2.05, 4.69) is 4.98 Å². The molecule has 0 unspecified atom stereocenters. The highest BCUT2D eigenvalue weighted by Crippen LogP contribution is 2.25. The third-order valence-electron chi connectivity index (χ3n) is 4.04. The van der Waals surface area contributed by atoms with E-state index in [1.165, 1.54) is 29.4 Å². The predicted molar refractivity (Wildman–Crippen MR) is 92.1 cm³/mol. The summed E-state index contributed by atoms with van der Waals surface area (Å²) in [5.74, 6) is -0.748. The second-order valence-electron chi connectivity index (χ2n) is 5.89. The zero-order valence-electron chi connectivity index (χ0n) is 14.1. The topological polar surface area (TPSA) is 59.5 Å². The first-order valence-corrected chi connectivity index (χ1v) is 8.49. The maximum Gasteiger partial charge on any atom is 0.289 e. The molecule has 7 heteroatoms. The lowest BCUT2D eigenvalue weighted by Crippen LogP contribution is -2.22. The molecule has 0 fully saturated rings. The van der Waals surface area contributed by atoms with Crippen LogP contribution >= 0.6 is 11.3 Å². The number of hydrogen-bond acceptors (Lipinski definition) is 5. The molecule has 2 heterocycles. The number of hydrogen-bond donors (Lipinski definition) is 0. The van der Waals surface area contributed by atoms with Crippen LogP contribution in [0.2, 0.25) is 0 Å². The number of aryl methyl sites for hydroxylation is 1. The third-order valence-corrected chi connectivity index (χ3v) is 5.03. The van der Waals surface area contributed by atoms with E-state index in [1.54, 1.807) is 32.3 Å². The van der Waals surface area contributed by atoms with Crippen molar-refractivity contribution in [1.82, 2.24) is 9.88 Å². The van der Waals surface area contributed by atoms with Gasteiger partial charge in [0.1, 0.15) is 5.82 Å². The van der Waals surface area contributed by atoms with Gasteiger partial charge >= 0.3 is 0 Å². The molecule has 130 valence electrons. The normalized spacial score (nSPS) is 14.4. The van der Waals surface area contributed by atoms with E-state index in [0.717, 1.165) is 10.4 Å². The summed E-state index contributed by atoms with van der Waals surface area (Å²) in [7, 11) is 3.00. The van der Waals surface area contributed by atoms with E-state index >= 15 is 0 Å². The fraction of sp³-hybridized carbons (Fsp3) is 0.278. The molecular formula is C18H17FN2O3S. The number of rotatable bonds is 5. The van der Waals surface area contributed by atoms with Crippen molar-refractivity contribution in [2.45, 2.75) is 13.3 Å². The molecule has 0 bridgehead atoms. The van der Waals surface area contributed by atoms with Crippen molar-refractivity contribution in [3.8, 4) is 0 Å². The first kappa shape index (κ1) is 17.3. The average molecular weight is 360 g/mol. The molecule has 0 spiro atoms. The van der Waals surface area contributed by atoms with Crippen LogP contribution in [0.4, 0.5) is 4.39 Å².